The molecule has 1 aromatic heterocycles. The van der Waals surface area contributed by atoms with Crippen molar-refractivity contribution >= 4 is 35.1 Å². The molecule has 0 atom stereocenters. The van der Waals surface area contributed by atoms with Crippen LogP contribution in [0.4, 0.5) is 0 Å². The van der Waals surface area contributed by atoms with Gasteiger partial charge >= 0.3 is 5.97 Å². The van der Waals surface area contributed by atoms with Gasteiger partial charge in [-0.25, -0.2) is 4.79 Å². The molecule has 1 heterocycles. The fourth-order valence-electron chi connectivity index (χ4n) is 2.14. The van der Waals surface area contributed by atoms with Crippen molar-refractivity contribution in [3.05, 3.63) is 62.9 Å². The van der Waals surface area contributed by atoms with Crippen LogP contribution in [0.5, 0.6) is 0 Å². The molecule has 0 radical (unpaired) electrons. The molecule has 4 heteroatoms. The van der Waals surface area contributed by atoms with Crippen LogP contribution in [-0.2, 0) is 16.3 Å². The van der Waals surface area contributed by atoms with Gasteiger partial charge in [-0.05, 0) is 37.6 Å². The molecule has 0 spiro atoms. The second-order valence-corrected chi connectivity index (χ2v) is 7.15. The molecule has 0 fully saturated rings. The van der Waals surface area contributed by atoms with E-state index in [0.717, 1.165) is 16.4 Å². The lowest BCUT2D eigenvalue weighted by Crippen LogP contribution is -1.85. The highest BCUT2D eigenvalue weighted by atomic mass is 32.2. The average Bonchev–Trinajstić information content (AvgIpc) is 2.83. The van der Waals surface area contributed by atoms with Crippen LogP contribution in [0.15, 0.2) is 36.4 Å². The lowest BCUT2D eigenvalue weighted by molar-refractivity contribution is -0.131. The Labute approximate surface area is 133 Å². The molecule has 0 saturated carbocycles. The predicted molar refractivity (Wildman–Crippen MR) is 91.9 cm³/mol. The number of thioether (sulfide) groups is 1. The summed E-state index contributed by atoms with van der Waals surface area (Å²) in [7, 11) is 0. The molecule has 1 N–H and O–H groups in total. The molecule has 0 unspecified atom stereocenters. The molecule has 2 rings (SSSR count). The fourth-order valence-corrected chi connectivity index (χ4v) is 4.14. The van der Waals surface area contributed by atoms with Crippen LogP contribution >= 0.6 is 23.1 Å². The minimum Gasteiger partial charge on any atom is -0.478 e. The number of aliphatic carboxylic acids is 1. The fraction of sp³-hybridized carbons (Fsp3) is 0.235. The Bertz CT molecular complexity index is 636. The number of rotatable bonds is 6. The van der Waals surface area contributed by atoms with Gasteiger partial charge in [0.25, 0.3) is 0 Å². The Morgan fingerprint density at radius 3 is 2.57 bits per heavy atom. The van der Waals surface area contributed by atoms with Crippen molar-refractivity contribution in [1.29, 1.82) is 0 Å². The van der Waals surface area contributed by atoms with E-state index in [1.807, 2.05) is 17.8 Å². The summed E-state index contributed by atoms with van der Waals surface area (Å²) in [5.41, 5.74) is 3.98. The molecule has 21 heavy (non-hydrogen) atoms. The lowest BCUT2D eigenvalue weighted by atomic mass is 10.1. The Kier molecular flexibility index (Phi) is 5.65. The molecule has 0 saturated heterocycles. The smallest absolute Gasteiger partial charge is 0.328 e. The maximum Gasteiger partial charge on any atom is 0.328 e. The van der Waals surface area contributed by atoms with Crippen LogP contribution in [-0.4, -0.2) is 11.1 Å². The summed E-state index contributed by atoms with van der Waals surface area (Å²) in [4.78, 5) is 12.7. The van der Waals surface area contributed by atoms with Gasteiger partial charge in [0.1, 0.15) is 0 Å². The van der Waals surface area contributed by atoms with Crippen LogP contribution in [0, 0.1) is 13.8 Å². The summed E-state index contributed by atoms with van der Waals surface area (Å²) in [6, 6.07) is 10.7. The third kappa shape index (κ3) is 5.40. The number of carboxylic acid groups (broad SMARTS) is 1. The Morgan fingerprint density at radius 1 is 1.19 bits per heavy atom. The van der Waals surface area contributed by atoms with Gasteiger partial charge in [-0.15, -0.1) is 11.3 Å². The molecule has 110 valence electrons. The van der Waals surface area contributed by atoms with Crippen molar-refractivity contribution in [2.24, 2.45) is 0 Å². The van der Waals surface area contributed by atoms with Crippen molar-refractivity contribution in [1.82, 2.24) is 0 Å². The van der Waals surface area contributed by atoms with Crippen LogP contribution < -0.4 is 0 Å². The van der Waals surface area contributed by atoms with Gasteiger partial charge in [0.15, 0.2) is 0 Å². The van der Waals surface area contributed by atoms with Gasteiger partial charge in [-0.2, -0.15) is 11.8 Å². The van der Waals surface area contributed by atoms with Crippen LogP contribution in [0.1, 0.15) is 26.4 Å². The summed E-state index contributed by atoms with van der Waals surface area (Å²) in [6.07, 6.45) is 2.82. The maximum absolute atomic E-state index is 10.5. The van der Waals surface area contributed by atoms with Crippen molar-refractivity contribution in [3.63, 3.8) is 0 Å². The first kappa shape index (κ1) is 15.9. The Hall–Kier alpha value is -1.52. The van der Waals surface area contributed by atoms with Gasteiger partial charge < -0.3 is 5.11 Å². The second-order valence-electron chi connectivity index (χ2n) is 4.96. The van der Waals surface area contributed by atoms with Gasteiger partial charge in [-0.1, -0.05) is 29.3 Å². The van der Waals surface area contributed by atoms with E-state index in [4.69, 9.17) is 5.11 Å². The van der Waals surface area contributed by atoms with E-state index in [-0.39, 0.29) is 0 Å². The number of hydrogen-bond donors (Lipinski definition) is 1. The number of carbonyl (C=O) groups is 1. The molecule has 0 amide bonds. The zero-order valence-corrected chi connectivity index (χ0v) is 13.8. The van der Waals surface area contributed by atoms with Crippen LogP contribution in [0.25, 0.3) is 6.08 Å². The Morgan fingerprint density at radius 2 is 1.90 bits per heavy atom. The molecular formula is C17H18O2S2. The summed E-state index contributed by atoms with van der Waals surface area (Å²) in [6.45, 7) is 4.25. The number of benzene rings is 1. The van der Waals surface area contributed by atoms with E-state index in [9.17, 15) is 4.79 Å². The van der Waals surface area contributed by atoms with E-state index >= 15 is 0 Å². The molecule has 0 aliphatic heterocycles. The van der Waals surface area contributed by atoms with E-state index in [0.29, 0.717) is 0 Å². The minimum atomic E-state index is -0.908. The van der Waals surface area contributed by atoms with Crippen molar-refractivity contribution in [3.8, 4) is 0 Å². The largest absolute Gasteiger partial charge is 0.478 e. The number of thiophene rings is 1. The highest BCUT2D eigenvalue weighted by Crippen LogP contribution is 2.25. The van der Waals surface area contributed by atoms with Gasteiger partial charge in [0.05, 0.1) is 0 Å². The molecule has 0 bridgehead atoms. The van der Waals surface area contributed by atoms with E-state index < -0.39 is 5.97 Å². The molecule has 2 nitrogen and oxygen atoms in total. The predicted octanol–water partition coefficient (Wildman–Crippen LogP) is 4.90. The van der Waals surface area contributed by atoms with E-state index in [1.165, 1.54) is 27.6 Å². The molecule has 0 aliphatic carbocycles. The lowest BCUT2D eigenvalue weighted by Gasteiger charge is -2.04. The number of aryl methyl sites for hydroxylation is 2. The maximum atomic E-state index is 10.5. The standard InChI is InChI=1S/C17H18O2S2/c1-12-7-13(2)9-14(8-12)10-20-11-16-4-3-15(21-16)5-6-17(18)19/h3-9H,10-11H2,1-2H3,(H,18,19)/b6-5+. The van der Waals surface area contributed by atoms with Crippen molar-refractivity contribution in [2.75, 3.05) is 0 Å². The third-order valence-electron chi connectivity index (χ3n) is 2.87. The highest BCUT2D eigenvalue weighted by molar-refractivity contribution is 7.97. The van der Waals surface area contributed by atoms with E-state index in [2.05, 4.69) is 38.1 Å². The molecule has 1 aromatic carbocycles. The number of carboxylic acids is 1. The summed E-state index contributed by atoms with van der Waals surface area (Å²) in [5, 5.41) is 8.61. The zero-order valence-electron chi connectivity index (χ0n) is 12.1. The highest BCUT2D eigenvalue weighted by Gasteiger charge is 2.01. The van der Waals surface area contributed by atoms with E-state index in [1.54, 1.807) is 17.4 Å². The molecule has 2 aromatic rings. The normalized spacial score (nSPS) is 11.1. The summed E-state index contributed by atoms with van der Waals surface area (Å²) >= 11 is 3.53. The second kappa shape index (κ2) is 7.48. The monoisotopic (exact) mass is 318 g/mol. The Balaban J connectivity index is 1.87. The SMILES string of the molecule is Cc1cc(C)cc(CSCc2ccc(/C=C/C(=O)O)s2)c1. The first-order chi connectivity index (χ1) is 10.0. The van der Waals surface area contributed by atoms with Gasteiger partial charge in [-0.3, -0.25) is 0 Å². The minimum absolute atomic E-state index is 0.908. The van der Waals surface area contributed by atoms with Crippen LogP contribution in [0.2, 0.25) is 0 Å². The first-order valence-corrected chi connectivity index (χ1v) is 8.65. The topological polar surface area (TPSA) is 37.3 Å². The van der Waals surface area contributed by atoms with Gasteiger partial charge in [0.2, 0.25) is 0 Å². The van der Waals surface area contributed by atoms with Crippen LogP contribution in [0.3, 0.4) is 0 Å². The quantitative estimate of drug-likeness (QED) is 0.770. The first-order valence-electron chi connectivity index (χ1n) is 6.67. The molecular weight excluding hydrogens is 300 g/mol. The number of hydrogen-bond acceptors (Lipinski definition) is 3. The summed E-state index contributed by atoms with van der Waals surface area (Å²) in [5.74, 6) is 1.05. The summed E-state index contributed by atoms with van der Waals surface area (Å²) < 4.78 is 0. The van der Waals surface area contributed by atoms with Gasteiger partial charge in [0, 0.05) is 27.3 Å². The average molecular weight is 318 g/mol. The molecule has 0 aliphatic rings. The third-order valence-corrected chi connectivity index (χ3v) is 5.15. The zero-order chi connectivity index (χ0) is 15.2. The van der Waals surface area contributed by atoms with Crippen molar-refractivity contribution in [2.45, 2.75) is 25.4 Å². The van der Waals surface area contributed by atoms with Crippen molar-refractivity contribution < 1.29 is 9.90 Å².